The molecule has 138 valence electrons. The highest BCUT2D eigenvalue weighted by Crippen LogP contribution is 2.28. The van der Waals surface area contributed by atoms with Gasteiger partial charge in [0.1, 0.15) is 24.4 Å². The minimum absolute atomic E-state index is 0.427. The van der Waals surface area contributed by atoms with Gasteiger partial charge in [0.25, 0.3) is 0 Å². The third kappa shape index (κ3) is 3.65. The molecule has 9 unspecified atom stereocenters. The zero-order valence-corrected chi connectivity index (χ0v) is 12.1. The lowest BCUT2D eigenvalue weighted by Gasteiger charge is -2.42. The van der Waals surface area contributed by atoms with Gasteiger partial charge < -0.3 is 50.0 Å². The summed E-state index contributed by atoms with van der Waals surface area (Å²) in [6, 6.07) is 0. The highest BCUT2D eigenvalue weighted by atomic mass is 16.7. The van der Waals surface area contributed by atoms with Crippen LogP contribution in [0.15, 0.2) is 0 Å². The van der Waals surface area contributed by atoms with Crippen LogP contribution in [0.3, 0.4) is 0 Å². The Morgan fingerprint density at radius 2 is 1.50 bits per heavy atom. The van der Waals surface area contributed by atoms with E-state index >= 15 is 0 Å². The number of aliphatic hydroxyl groups is 5. The molecule has 0 bridgehead atoms. The van der Waals surface area contributed by atoms with Gasteiger partial charge in [-0.2, -0.15) is 0 Å². The fraction of sp³-hybridized carbons (Fsp3) is 0.833. The molecule has 0 radical (unpaired) electrons. The molecule has 2 fully saturated rings. The lowest BCUT2D eigenvalue weighted by atomic mass is 9.97. The van der Waals surface area contributed by atoms with Crippen LogP contribution in [0.25, 0.3) is 0 Å². The van der Waals surface area contributed by atoms with Gasteiger partial charge in [0.05, 0.1) is 6.10 Å². The van der Waals surface area contributed by atoms with E-state index in [0.29, 0.717) is 0 Å². The summed E-state index contributed by atoms with van der Waals surface area (Å²) in [5.74, 6) is -3.09. The smallest absolute Gasteiger partial charge is 0.335 e. The molecule has 0 aliphatic carbocycles. The Kier molecular flexibility index (Phi) is 5.72. The summed E-state index contributed by atoms with van der Waals surface area (Å²) >= 11 is 0. The van der Waals surface area contributed by atoms with E-state index in [9.17, 15) is 35.1 Å². The summed E-state index contributed by atoms with van der Waals surface area (Å²) in [4.78, 5) is 22.1. The summed E-state index contributed by atoms with van der Waals surface area (Å²) in [6.07, 6.45) is -16.6. The molecule has 2 saturated heterocycles. The zero-order valence-electron chi connectivity index (χ0n) is 12.1. The average Bonchev–Trinajstić information content (AvgIpc) is 2.51. The molecular formula is C12H18O12. The Hall–Kier alpha value is -1.38. The van der Waals surface area contributed by atoms with Crippen LogP contribution in [-0.4, -0.2) is 103 Å². The first kappa shape index (κ1) is 19.0. The van der Waals surface area contributed by atoms with Crippen molar-refractivity contribution in [3.63, 3.8) is 0 Å². The van der Waals surface area contributed by atoms with E-state index in [1.807, 2.05) is 0 Å². The van der Waals surface area contributed by atoms with Crippen molar-refractivity contribution >= 4 is 11.9 Å². The highest BCUT2D eigenvalue weighted by Gasteiger charge is 2.51. The van der Waals surface area contributed by atoms with Crippen molar-refractivity contribution < 1.29 is 59.5 Å². The maximum absolute atomic E-state index is 11.2. The SMILES string of the molecule is O=C(O)C1CC(O)C(O)C(OC2C(C(=O)O)OC(O)C(O)C2O)O1. The number of aliphatic hydroxyl groups excluding tert-OH is 5. The molecule has 24 heavy (non-hydrogen) atoms. The fourth-order valence-electron chi connectivity index (χ4n) is 2.47. The lowest BCUT2D eigenvalue weighted by Crippen LogP contribution is -2.63. The molecule has 7 N–H and O–H groups in total. The number of hydrogen-bond donors (Lipinski definition) is 7. The van der Waals surface area contributed by atoms with Crippen LogP contribution in [0.4, 0.5) is 0 Å². The highest BCUT2D eigenvalue weighted by molar-refractivity contribution is 5.73. The van der Waals surface area contributed by atoms with Crippen LogP contribution in [0.1, 0.15) is 6.42 Å². The maximum atomic E-state index is 11.2. The van der Waals surface area contributed by atoms with Gasteiger partial charge in [-0.15, -0.1) is 0 Å². The van der Waals surface area contributed by atoms with E-state index in [0.717, 1.165) is 0 Å². The molecule has 0 amide bonds. The van der Waals surface area contributed by atoms with Crippen molar-refractivity contribution in [3.05, 3.63) is 0 Å². The fourth-order valence-corrected chi connectivity index (χ4v) is 2.47. The van der Waals surface area contributed by atoms with Gasteiger partial charge in [0.2, 0.25) is 0 Å². The van der Waals surface area contributed by atoms with Crippen LogP contribution in [-0.2, 0) is 23.8 Å². The summed E-state index contributed by atoms with van der Waals surface area (Å²) in [7, 11) is 0. The van der Waals surface area contributed by atoms with E-state index in [-0.39, 0.29) is 0 Å². The summed E-state index contributed by atoms with van der Waals surface area (Å²) in [5.41, 5.74) is 0. The normalized spacial score (nSPS) is 46.5. The number of carbonyl (C=O) groups is 2. The average molecular weight is 354 g/mol. The van der Waals surface area contributed by atoms with Gasteiger partial charge >= 0.3 is 11.9 Å². The Morgan fingerprint density at radius 3 is 2.04 bits per heavy atom. The quantitative estimate of drug-likeness (QED) is 0.257. The van der Waals surface area contributed by atoms with Gasteiger partial charge in [0.15, 0.2) is 24.8 Å². The molecular weight excluding hydrogens is 336 g/mol. The molecule has 0 saturated carbocycles. The minimum atomic E-state index is -1.99. The first-order valence-electron chi connectivity index (χ1n) is 6.95. The molecule has 0 spiro atoms. The van der Waals surface area contributed by atoms with Crippen LogP contribution in [0.2, 0.25) is 0 Å². The Morgan fingerprint density at radius 1 is 0.875 bits per heavy atom. The number of carboxylic acid groups (broad SMARTS) is 2. The molecule has 12 nitrogen and oxygen atoms in total. The first-order valence-corrected chi connectivity index (χ1v) is 6.95. The second kappa shape index (κ2) is 7.25. The van der Waals surface area contributed by atoms with E-state index in [1.54, 1.807) is 0 Å². The van der Waals surface area contributed by atoms with Gasteiger partial charge in [-0.05, 0) is 0 Å². The third-order valence-corrected chi connectivity index (χ3v) is 3.80. The predicted octanol–water partition coefficient (Wildman–Crippen LogP) is -4.18. The van der Waals surface area contributed by atoms with Gasteiger partial charge in [0, 0.05) is 6.42 Å². The monoisotopic (exact) mass is 354 g/mol. The largest absolute Gasteiger partial charge is 0.479 e. The molecule has 2 rings (SSSR count). The third-order valence-electron chi connectivity index (χ3n) is 3.80. The summed E-state index contributed by atoms with van der Waals surface area (Å²) in [5, 5.41) is 66.3. The van der Waals surface area contributed by atoms with Crippen LogP contribution >= 0.6 is 0 Å². The maximum Gasteiger partial charge on any atom is 0.335 e. The minimum Gasteiger partial charge on any atom is -0.479 e. The van der Waals surface area contributed by atoms with Crippen molar-refractivity contribution in [1.29, 1.82) is 0 Å². The second-order valence-electron chi connectivity index (χ2n) is 5.49. The van der Waals surface area contributed by atoms with Gasteiger partial charge in [-0.25, -0.2) is 9.59 Å². The Balaban J connectivity index is 2.18. The molecule has 0 aromatic rings. The van der Waals surface area contributed by atoms with Gasteiger partial charge in [-0.1, -0.05) is 0 Å². The number of carboxylic acids is 2. The molecule has 2 aliphatic heterocycles. The number of rotatable bonds is 4. The molecule has 2 aliphatic rings. The lowest BCUT2D eigenvalue weighted by molar-refractivity contribution is -0.336. The second-order valence-corrected chi connectivity index (χ2v) is 5.49. The summed E-state index contributed by atoms with van der Waals surface area (Å²) in [6.45, 7) is 0. The van der Waals surface area contributed by atoms with E-state index in [2.05, 4.69) is 4.74 Å². The topological polar surface area (TPSA) is 203 Å². The zero-order chi connectivity index (χ0) is 18.2. The van der Waals surface area contributed by atoms with E-state index in [1.165, 1.54) is 0 Å². The number of aliphatic carboxylic acids is 2. The molecule has 0 aromatic carbocycles. The standard InChI is InChI=1S/C12H18O12/c13-2-1-3(9(17)18)22-12(4(2)14)24-7-5(15)6(16)11(21)23-8(7)10(19)20/h2-8,11-16,21H,1H2,(H,17,18)(H,19,20). The first-order chi connectivity index (χ1) is 11.1. The van der Waals surface area contributed by atoms with E-state index in [4.69, 9.17) is 19.7 Å². The van der Waals surface area contributed by atoms with Crippen molar-refractivity contribution in [2.24, 2.45) is 0 Å². The van der Waals surface area contributed by atoms with Crippen molar-refractivity contribution in [2.45, 2.75) is 61.7 Å². The molecule has 0 aromatic heterocycles. The van der Waals surface area contributed by atoms with Crippen molar-refractivity contribution in [3.8, 4) is 0 Å². The van der Waals surface area contributed by atoms with Crippen molar-refractivity contribution in [1.82, 2.24) is 0 Å². The Bertz CT molecular complexity index is 483. The van der Waals surface area contributed by atoms with Crippen LogP contribution < -0.4 is 0 Å². The van der Waals surface area contributed by atoms with E-state index < -0.39 is 73.7 Å². The molecule has 12 heteroatoms. The van der Waals surface area contributed by atoms with Crippen molar-refractivity contribution in [2.75, 3.05) is 0 Å². The number of hydrogen-bond acceptors (Lipinski definition) is 10. The Labute approximate surface area is 134 Å². The molecule has 9 atom stereocenters. The number of ether oxygens (including phenoxy) is 3. The van der Waals surface area contributed by atoms with Gasteiger partial charge in [-0.3, -0.25) is 0 Å². The predicted molar refractivity (Wildman–Crippen MR) is 68.3 cm³/mol. The van der Waals surface area contributed by atoms with Crippen LogP contribution in [0, 0.1) is 0 Å². The summed E-state index contributed by atoms with van der Waals surface area (Å²) < 4.78 is 14.6. The van der Waals surface area contributed by atoms with Crippen LogP contribution in [0.5, 0.6) is 0 Å². The molecule has 2 heterocycles.